The Balaban J connectivity index is 1.74. The van der Waals surface area contributed by atoms with E-state index in [9.17, 15) is 4.79 Å². The monoisotopic (exact) mass is 320 g/mol. The molecule has 1 aromatic heterocycles. The van der Waals surface area contributed by atoms with Crippen molar-refractivity contribution in [3.8, 4) is 0 Å². The van der Waals surface area contributed by atoms with Crippen LogP contribution in [0, 0.1) is 0 Å². The van der Waals surface area contributed by atoms with E-state index < -0.39 is 0 Å². The molecule has 1 aliphatic rings. The van der Waals surface area contributed by atoms with Crippen molar-refractivity contribution in [3.63, 3.8) is 0 Å². The molecule has 1 amide bonds. The molecule has 0 saturated heterocycles. The number of para-hydroxylation sites is 2. The molecule has 0 spiro atoms. The van der Waals surface area contributed by atoms with Crippen LogP contribution in [0.1, 0.15) is 21.3 Å². The fourth-order valence-corrected chi connectivity index (χ4v) is 3.62. The van der Waals surface area contributed by atoms with Gasteiger partial charge in [0.1, 0.15) is 0 Å². The Morgan fingerprint density at radius 3 is 2.57 bits per heavy atom. The number of anilines is 2. The number of nitrogens with zero attached hydrogens (tertiary/aromatic N) is 1. The Morgan fingerprint density at radius 1 is 1.00 bits per heavy atom. The third-order valence-corrected chi connectivity index (χ3v) is 4.93. The Bertz CT molecular complexity index is 814. The number of fused-ring (bicyclic) bond motifs is 1. The zero-order valence-corrected chi connectivity index (χ0v) is 13.3. The number of hydrogen-bond donors (Lipinski definition) is 1. The molecule has 114 valence electrons. The minimum absolute atomic E-state index is 0.0647. The quantitative estimate of drug-likeness (QED) is 0.750. The largest absolute Gasteiger partial charge is 0.375 e. The smallest absolute Gasteiger partial charge is 0.268 e. The summed E-state index contributed by atoms with van der Waals surface area (Å²) in [5, 5.41) is 5.49. The summed E-state index contributed by atoms with van der Waals surface area (Å²) < 4.78 is 0. The zero-order chi connectivity index (χ0) is 15.6. The van der Waals surface area contributed by atoms with Gasteiger partial charge in [0, 0.05) is 0 Å². The topological polar surface area (TPSA) is 32.3 Å². The number of carbonyl (C=O) groups is 1. The summed E-state index contributed by atoms with van der Waals surface area (Å²) in [4.78, 5) is 15.6. The van der Waals surface area contributed by atoms with Crippen LogP contribution in [0.25, 0.3) is 0 Å². The predicted molar refractivity (Wildman–Crippen MR) is 95.2 cm³/mol. The molecule has 0 bridgehead atoms. The number of amides is 1. The Morgan fingerprint density at radius 2 is 1.78 bits per heavy atom. The van der Waals surface area contributed by atoms with Gasteiger partial charge < -0.3 is 10.2 Å². The Kier molecular flexibility index (Phi) is 3.60. The van der Waals surface area contributed by atoms with Crippen molar-refractivity contribution in [2.45, 2.75) is 6.04 Å². The van der Waals surface area contributed by atoms with Crippen LogP contribution in [-0.4, -0.2) is 12.5 Å². The number of nitrogens with one attached hydrogen (secondary N) is 1. The maximum atomic E-state index is 12.9. The van der Waals surface area contributed by atoms with Crippen LogP contribution in [-0.2, 0) is 0 Å². The Labute approximate surface area is 139 Å². The lowest BCUT2D eigenvalue weighted by molar-refractivity contribution is 0.0989. The van der Waals surface area contributed by atoms with Crippen molar-refractivity contribution in [2.75, 3.05) is 16.8 Å². The summed E-state index contributed by atoms with van der Waals surface area (Å²) in [6, 6.07) is 22.1. The molecule has 0 aliphatic carbocycles. The second kappa shape index (κ2) is 5.89. The SMILES string of the molecule is O=C(c1cccs1)N1CC(c2ccccc2)Nc2ccccc21. The fourth-order valence-electron chi connectivity index (χ4n) is 2.95. The van der Waals surface area contributed by atoms with Gasteiger partial charge in [-0.05, 0) is 29.1 Å². The molecule has 3 aromatic rings. The highest BCUT2D eigenvalue weighted by molar-refractivity contribution is 7.12. The average molecular weight is 320 g/mol. The first kappa shape index (κ1) is 14.0. The van der Waals surface area contributed by atoms with E-state index >= 15 is 0 Å². The highest BCUT2D eigenvalue weighted by Gasteiger charge is 2.29. The molecule has 1 unspecified atom stereocenters. The highest BCUT2D eigenvalue weighted by Crippen LogP contribution is 2.36. The second-order valence-corrected chi connectivity index (χ2v) is 6.47. The lowest BCUT2D eigenvalue weighted by atomic mass is 10.0. The van der Waals surface area contributed by atoms with E-state index in [0.29, 0.717) is 6.54 Å². The van der Waals surface area contributed by atoms with E-state index in [2.05, 4.69) is 17.4 Å². The van der Waals surface area contributed by atoms with Crippen LogP contribution in [0.15, 0.2) is 72.1 Å². The van der Waals surface area contributed by atoms with Gasteiger partial charge in [0.15, 0.2) is 0 Å². The molecule has 2 heterocycles. The summed E-state index contributed by atoms with van der Waals surface area (Å²) >= 11 is 1.48. The van der Waals surface area contributed by atoms with Crippen LogP contribution in [0.3, 0.4) is 0 Å². The van der Waals surface area contributed by atoms with E-state index in [1.165, 1.54) is 16.9 Å². The third kappa shape index (κ3) is 2.62. The molecule has 3 nitrogen and oxygen atoms in total. The molecule has 23 heavy (non-hydrogen) atoms. The van der Waals surface area contributed by atoms with Gasteiger partial charge >= 0.3 is 0 Å². The molecule has 0 radical (unpaired) electrons. The number of benzene rings is 2. The zero-order valence-electron chi connectivity index (χ0n) is 12.5. The molecule has 0 fully saturated rings. The number of rotatable bonds is 2. The second-order valence-electron chi connectivity index (χ2n) is 5.52. The van der Waals surface area contributed by atoms with Gasteiger partial charge in [0.25, 0.3) is 5.91 Å². The minimum Gasteiger partial charge on any atom is -0.375 e. The molecule has 4 heteroatoms. The van der Waals surface area contributed by atoms with Crippen molar-refractivity contribution in [1.82, 2.24) is 0 Å². The third-order valence-electron chi connectivity index (χ3n) is 4.07. The molecule has 0 saturated carbocycles. The van der Waals surface area contributed by atoms with Gasteiger partial charge in [0.05, 0.1) is 28.8 Å². The summed E-state index contributed by atoms with van der Waals surface area (Å²) in [6.07, 6.45) is 0. The normalized spacial score (nSPS) is 16.5. The van der Waals surface area contributed by atoms with E-state index in [-0.39, 0.29) is 11.9 Å². The van der Waals surface area contributed by atoms with E-state index in [1.54, 1.807) is 0 Å². The lowest BCUT2D eigenvalue weighted by Crippen LogP contribution is -2.40. The van der Waals surface area contributed by atoms with Gasteiger partial charge in [-0.15, -0.1) is 11.3 Å². The maximum Gasteiger partial charge on any atom is 0.268 e. The van der Waals surface area contributed by atoms with Crippen LogP contribution in [0.4, 0.5) is 11.4 Å². The molecule has 4 rings (SSSR count). The Hall–Kier alpha value is -2.59. The molecule has 2 aromatic carbocycles. The average Bonchev–Trinajstić information content (AvgIpc) is 3.15. The molecular weight excluding hydrogens is 304 g/mol. The van der Waals surface area contributed by atoms with Crippen molar-refractivity contribution < 1.29 is 4.79 Å². The van der Waals surface area contributed by atoms with Crippen molar-refractivity contribution in [3.05, 3.63) is 82.6 Å². The van der Waals surface area contributed by atoms with Crippen LogP contribution >= 0.6 is 11.3 Å². The van der Waals surface area contributed by atoms with Gasteiger partial charge in [-0.2, -0.15) is 0 Å². The highest BCUT2D eigenvalue weighted by atomic mass is 32.1. The van der Waals surface area contributed by atoms with Crippen molar-refractivity contribution in [2.24, 2.45) is 0 Å². The molecule has 1 aliphatic heterocycles. The first-order valence-corrected chi connectivity index (χ1v) is 8.47. The summed E-state index contributed by atoms with van der Waals surface area (Å²) in [6.45, 7) is 0.623. The van der Waals surface area contributed by atoms with Gasteiger partial charge in [-0.3, -0.25) is 4.79 Å². The fraction of sp³-hybridized carbons (Fsp3) is 0.105. The lowest BCUT2D eigenvalue weighted by Gasteiger charge is -2.36. The minimum atomic E-state index is 0.0647. The number of carbonyl (C=O) groups excluding carboxylic acids is 1. The van der Waals surface area contributed by atoms with Crippen LogP contribution in [0.5, 0.6) is 0 Å². The summed E-state index contributed by atoms with van der Waals surface area (Å²) in [5.74, 6) is 0.0647. The van der Waals surface area contributed by atoms with Crippen LogP contribution < -0.4 is 10.2 Å². The van der Waals surface area contributed by atoms with E-state index in [4.69, 9.17) is 0 Å². The van der Waals surface area contributed by atoms with Crippen molar-refractivity contribution >= 4 is 28.6 Å². The van der Waals surface area contributed by atoms with Crippen LogP contribution in [0.2, 0.25) is 0 Å². The summed E-state index contributed by atoms with van der Waals surface area (Å²) in [7, 11) is 0. The number of thiophene rings is 1. The maximum absolute atomic E-state index is 12.9. The molecular formula is C19H16N2OS. The van der Waals surface area contributed by atoms with E-state index in [1.807, 2.05) is 64.9 Å². The molecule has 1 N–H and O–H groups in total. The van der Waals surface area contributed by atoms with Gasteiger partial charge in [-0.25, -0.2) is 0 Å². The standard InChI is InChI=1S/C19H16N2OS/c22-19(18-11-6-12-23-18)21-13-16(14-7-2-1-3-8-14)20-15-9-4-5-10-17(15)21/h1-12,16,20H,13H2. The first-order chi connectivity index (χ1) is 11.3. The first-order valence-electron chi connectivity index (χ1n) is 7.59. The van der Waals surface area contributed by atoms with Gasteiger partial charge in [0.2, 0.25) is 0 Å². The summed E-state index contributed by atoms with van der Waals surface area (Å²) in [5.41, 5.74) is 3.13. The molecule has 1 atom stereocenters. The van der Waals surface area contributed by atoms with Gasteiger partial charge in [-0.1, -0.05) is 48.5 Å². The van der Waals surface area contributed by atoms with Crippen molar-refractivity contribution in [1.29, 1.82) is 0 Å². The predicted octanol–water partition coefficient (Wildman–Crippen LogP) is 4.56. The number of hydrogen-bond acceptors (Lipinski definition) is 3. The van der Waals surface area contributed by atoms with E-state index in [0.717, 1.165) is 16.3 Å².